The zero-order chi connectivity index (χ0) is 14.3. The molecule has 1 amide bonds. The predicted octanol–water partition coefficient (Wildman–Crippen LogP) is 2.71. The van der Waals surface area contributed by atoms with Crippen LogP contribution in [0.4, 0.5) is 5.69 Å². The van der Waals surface area contributed by atoms with Gasteiger partial charge in [-0.15, -0.1) is 0 Å². The lowest BCUT2D eigenvalue weighted by Gasteiger charge is -2.08. The molecule has 0 saturated heterocycles. The van der Waals surface area contributed by atoms with E-state index < -0.39 is 0 Å². The van der Waals surface area contributed by atoms with Gasteiger partial charge in [-0.1, -0.05) is 25.4 Å². The van der Waals surface area contributed by atoms with Crippen LogP contribution in [0.3, 0.4) is 0 Å². The summed E-state index contributed by atoms with van der Waals surface area (Å²) in [7, 11) is 0. The summed E-state index contributed by atoms with van der Waals surface area (Å²) in [5, 5.41) is 3.27. The molecule has 3 N–H and O–H groups in total. The van der Waals surface area contributed by atoms with Crippen LogP contribution < -0.4 is 11.1 Å². The number of carbonyl (C=O) groups is 1. The minimum atomic E-state index is -0.146. The molecule has 0 aliphatic rings. The molecule has 0 aliphatic heterocycles. The smallest absolute Gasteiger partial charge is 0.251 e. The number of rotatable bonds is 7. The molecule has 0 saturated carbocycles. The molecular formula is C14H21ClN2O2. The van der Waals surface area contributed by atoms with Crippen molar-refractivity contribution in [1.29, 1.82) is 0 Å². The zero-order valence-electron chi connectivity index (χ0n) is 11.4. The van der Waals surface area contributed by atoms with E-state index in [1.165, 1.54) is 0 Å². The number of nitrogens with one attached hydrogen (secondary N) is 1. The third kappa shape index (κ3) is 5.94. The highest BCUT2D eigenvalue weighted by Crippen LogP contribution is 2.19. The lowest BCUT2D eigenvalue weighted by molar-refractivity contribution is 0.0925. The number of benzene rings is 1. The van der Waals surface area contributed by atoms with Crippen molar-refractivity contribution in [3.05, 3.63) is 28.8 Å². The number of hydrogen-bond acceptors (Lipinski definition) is 3. The van der Waals surface area contributed by atoms with Crippen LogP contribution in [-0.4, -0.2) is 25.7 Å². The molecule has 0 bridgehead atoms. The fourth-order valence-corrected chi connectivity index (χ4v) is 1.60. The molecule has 0 aliphatic carbocycles. The van der Waals surface area contributed by atoms with Gasteiger partial charge in [0.15, 0.2) is 0 Å². The number of hydrogen-bond donors (Lipinski definition) is 2. The van der Waals surface area contributed by atoms with Gasteiger partial charge in [-0.25, -0.2) is 0 Å². The zero-order valence-corrected chi connectivity index (χ0v) is 12.2. The molecule has 0 fully saturated rings. The Morgan fingerprint density at radius 1 is 1.47 bits per heavy atom. The van der Waals surface area contributed by atoms with Gasteiger partial charge in [0.1, 0.15) is 0 Å². The molecule has 19 heavy (non-hydrogen) atoms. The van der Waals surface area contributed by atoms with Crippen LogP contribution in [0.2, 0.25) is 5.02 Å². The largest absolute Gasteiger partial charge is 0.398 e. The Labute approximate surface area is 119 Å². The quantitative estimate of drug-likeness (QED) is 0.598. The van der Waals surface area contributed by atoms with Gasteiger partial charge in [0.25, 0.3) is 5.91 Å². The first kappa shape index (κ1) is 15.8. The third-order valence-corrected chi connectivity index (χ3v) is 2.80. The molecule has 0 unspecified atom stereocenters. The molecule has 0 aromatic heterocycles. The highest BCUT2D eigenvalue weighted by atomic mass is 35.5. The molecule has 0 spiro atoms. The Bertz CT molecular complexity index is 422. The van der Waals surface area contributed by atoms with E-state index in [2.05, 4.69) is 19.2 Å². The molecule has 0 atom stereocenters. The van der Waals surface area contributed by atoms with Crippen molar-refractivity contribution in [3.8, 4) is 0 Å². The van der Waals surface area contributed by atoms with E-state index in [0.29, 0.717) is 35.3 Å². The number of ether oxygens (including phenoxy) is 1. The van der Waals surface area contributed by atoms with Crippen molar-refractivity contribution in [3.63, 3.8) is 0 Å². The van der Waals surface area contributed by atoms with Crippen molar-refractivity contribution in [2.24, 2.45) is 5.92 Å². The summed E-state index contributed by atoms with van der Waals surface area (Å²) in [6, 6.07) is 4.85. The van der Waals surface area contributed by atoms with E-state index in [1.807, 2.05) is 0 Å². The minimum Gasteiger partial charge on any atom is -0.398 e. The summed E-state index contributed by atoms with van der Waals surface area (Å²) in [5.41, 5.74) is 6.58. The lowest BCUT2D eigenvalue weighted by Crippen LogP contribution is -2.25. The highest BCUT2D eigenvalue weighted by molar-refractivity contribution is 6.33. The van der Waals surface area contributed by atoms with Crippen LogP contribution in [0.1, 0.15) is 30.6 Å². The van der Waals surface area contributed by atoms with Gasteiger partial charge in [0, 0.05) is 25.3 Å². The van der Waals surface area contributed by atoms with Crippen LogP contribution in [0, 0.1) is 5.92 Å². The maximum Gasteiger partial charge on any atom is 0.251 e. The summed E-state index contributed by atoms with van der Waals surface area (Å²) in [4.78, 5) is 11.8. The van der Waals surface area contributed by atoms with Crippen LogP contribution in [0.25, 0.3) is 0 Å². The van der Waals surface area contributed by atoms with Crippen molar-refractivity contribution >= 4 is 23.2 Å². The number of halogens is 1. The monoisotopic (exact) mass is 284 g/mol. The van der Waals surface area contributed by atoms with E-state index in [9.17, 15) is 4.79 Å². The normalized spacial score (nSPS) is 10.7. The average Bonchev–Trinajstić information content (AvgIpc) is 2.36. The van der Waals surface area contributed by atoms with Crippen LogP contribution >= 0.6 is 11.6 Å². The van der Waals surface area contributed by atoms with Crippen LogP contribution in [0.5, 0.6) is 0 Å². The van der Waals surface area contributed by atoms with Gasteiger partial charge in [0.2, 0.25) is 0 Å². The summed E-state index contributed by atoms with van der Waals surface area (Å²) in [6.07, 6.45) is 0.793. The SMILES string of the molecule is CC(C)COCCCNC(=O)c1ccc(Cl)c(N)c1. The van der Waals surface area contributed by atoms with Crippen LogP contribution in [0.15, 0.2) is 18.2 Å². The maximum absolute atomic E-state index is 11.8. The Kier molecular flexibility index (Phi) is 6.67. The number of carbonyl (C=O) groups excluding carboxylic acids is 1. The van der Waals surface area contributed by atoms with Crippen molar-refractivity contribution in [2.75, 3.05) is 25.5 Å². The fourth-order valence-electron chi connectivity index (χ4n) is 1.48. The van der Waals surface area contributed by atoms with E-state index in [1.54, 1.807) is 18.2 Å². The lowest BCUT2D eigenvalue weighted by atomic mass is 10.2. The minimum absolute atomic E-state index is 0.146. The molecule has 4 nitrogen and oxygen atoms in total. The fraction of sp³-hybridized carbons (Fsp3) is 0.500. The van der Waals surface area contributed by atoms with E-state index in [4.69, 9.17) is 22.1 Å². The maximum atomic E-state index is 11.8. The Morgan fingerprint density at radius 2 is 2.21 bits per heavy atom. The number of nitrogen functional groups attached to an aromatic ring is 1. The second kappa shape index (κ2) is 8.02. The first-order valence-corrected chi connectivity index (χ1v) is 6.79. The topological polar surface area (TPSA) is 64.3 Å². The Morgan fingerprint density at radius 3 is 2.84 bits per heavy atom. The van der Waals surface area contributed by atoms with Gasteiger partial charge in [0.05, 0.1) is 10.7 Å². The second-order valence-electron chi connectivity index (χ2n) is 4.81. The first-order valence-electron chi connectivity index (χ1n) is 6.41. The molecule has 1 rings (SSSR count). The van der Waals surface area contributed by atoms with Crippen LogP contribution in [-0.2, 0) is 4.74 Å². The van der Waals surface area contributed by atoms with Gasteiger partial charge >= 0.3 is 0 Å². The highest BCUT2D eigenvalue weighted by Gasteiger charge is 2.06. The van der Waals surface area contributed by atoms with Gasteiger partial charge in [-0.2, -0.15) is 0 Å². The molecule has 106 valence electrons. The molecule has 1 aromatic rings. The first-order chi connectivity index (χ1) is 9.00. The second-order valence-corrected chi connectivity index (χ2v) is 5.22. The Hall–Kier alpha value is -1.26. The molecule has 5 heteroatoms. The molecule has 1 aromatic carbocycles. The summed E-state index contributed by atoms with van der Waals surface area (Å²) >= 11 is 5.80. The third-order valence-electron chi connectivity index (χ3n) is 2.46. The van der Waals surface area contributed by atoms with E-state index in [-0.39, 0.29) is 5.91 Å². The van der Waals surface area contributed by atoms with Crippen molar-refractivity contribution < 1.29 is 9.53 Å². The standard InChI is InChI=1S/C14H21ClN2O2/c1-10(2)9-19-7-3-6-17-14(18)11-4-5-12(15)13(16)8-11/h4-5,8,10H,3,6-7,9,16H2,1-2H3,(H,17,18). The summed E-state index contributed by atoms with van der Waals surface area (Å²) in [5.74, 6) is 0.388. The van der Waals surface area contributed by atoms with E-state index >= 15 is 0 Å². The van der Waals surface area contributed by atoms with Crippen molar-refractivity contribution in [1.82, 2.24) is 5.32 Å². The predicted molar refractivity (Wildman–Crippen MR) is 78.5 cm³/mol. The number of nitrogens with two attached hydrogens (primary N) is 1. The molecule has 0 heterocycles. The average molecular weight is 285 g/mol. The Balaban J connectivity index is 2.26. The molecule has 0 radical (unpaired) electrons. The number of anilines is 1. The van der Waals surface area contributed by atoms with Gasteiger partial charge in [-0.3, -0.25) is 4.79 Å². The van der Waals surface area contributed by atoms with Crippen molar-refractivity contribution in [2.45, 2.75) is 20.3 Å². The number of amides is 1. The van der Waals surface area contributed by atoms with Gasteiger partial charge in [-0.05, 0) is 30.5 Å². The molecular weight excluding hydrogens is 264 g/mol. The summed E-state index contributed by atoms with van der Waals surface area (Å²) in [6.45, 7) is 6.20. The van der Waals surface area contributed by atoms with E-state index in [0.717, 1.165) is 13.0 Å². The van der Waals surface area contributed by atoms with Gasteiger partial charge < -0.3 is 15.8 Å². The summed E-state index contributed by atoms with van der Waals surface area (Å²) < 4.78 is 5.43.